The van der Waals surface area contributed by atoms with Crippen LogP contribution in [0.15, 0.2) is 65.6 Å². The van der Waals surface area contributed by atoms with Crippen molar-refractivity contribution in [1.29, 1.82) is 0 Å². The normalized spacial score (nSPS) is 11.1. The number of hydrogen-bond donors (Lipinski definition) is 3. The number of methoxy groups -OCH3 is 3. The minimum absolute atomic E-state index is 0.0388. The van der Waals surface area contributed by atoms with E-state index in [0.29, 0.717) is 34.0 Å². The molecule has 1 heterocycles. The number of rotatable bonds is 9. The van der Waals surface area contributed by atoms with E-state index in [4.69, 9.17) is 14.2 Å². The Kier molecular flexibility index (Phi) is 6.89. The number of ether oxygens (including phenoxy) is 3. The molecule has 0 aliphatic rings. The van der Waals surface area contributed by atoms with Gasteiger partial charge >= 0.3 is 0 Å². The van der Waals surface area contributed by atoms with Gasteiger partial charge in [0.2, 0.25) is 0 Å². The van der Waals surface area contributed by atoms with Crippen molar-refractivity contribution in [2.24, 2.45) is 0 Å². The highest BCUT2D eigenvalue weighted by molar-refractivity contribution is 7.90. The molecule has 192 valence electrons. The Bertz CT molecular complexity index is 1580. The molecule has 0 bridgehead atoms. The van der Waals surface area contributed by atoms with Crippen LogP contribution in [-0.2, 0) is 10.0 Å². The number of hydrogen-bond acceptors (Lipinski definition) is 9. The number of non-ortho nitro benzene ring substituents is 1. The molecule has 0 fully saturated rings. The van der Waals surface area contributed by atoms with Crippen molar-refractivity contribution in [2.75, 3.05) is 26.6 Å². The maximum atomic E-state index is 12.9. The van der Waals surface area contributed by atoms with Gasteiger partial charge in [0.1, 0.15) is 28.5 Å². The highest BCUT2D eigenvalue weighted by Gasteiger charge is 2.24. The van der Waals surface area contributed by atoms with Gasteiger partial charge in [0.15, 0.2) is 0 Å². The average molecular weight is 527 g/mol. The lowest BCUT2D eigenvalue weighted by molar-refractivity contribution is -0.383. The number of aromatic amines is 1. The second-order valence-electron chi connectivity index (χ2n) is 7.70. The second-order valence-corrected chi connectivity index (χ2v) is 9.38. The Labute approximate surface area is 211 Å². The maximum Gasteiger partial charge on any atom is 0.293 e. The van der Waals surface area contributed by atoms with E-state index in [0.717, 1.165) is 0 Å². The molecule has 3 aromatic carbocycles. The van der Waals surface area contributed by atoms with Crippen molar-refractivity contribution >= 4 is 43.9 Å². The van der Waals surface area contributed by atoms with Crippen LogP contribution in [0, 0.1) is 10.1 Å². The van der Waals surface area contributed by atoms with E-state index in [-0.39, 0.29) is 21.8 Å². The molecular weight excluding hydrogens is 504 g/mol. The van der Waals surface area contributed by atoms with Gasteiger partial charge in [0.05, 0.1) is 31.1 Å². The predicted molar refractivity (Wildman–Crippen MR) is 135 cm³/mol. The number of aromatic nitrogens is 1. The minimum atomic E-state index is -4.22. The summed E-state index contributed by atoms with van der Waals surface area (Å²) in [7, 11) is 0.215. The van der Waals surface area contributed by atoms with Gasteiger partial charge in [-0.3, -0.25) is 14.9 Å². The molecule has 0 saturated heterocycles. The van der Waals surface area contributed by atoms with Crippen LogP contribution < -0.4 is 24.2 Å². The van der Waals surface area contributed by atoms with Crippen LogP contribution in [0.2, 0.25) is 0 Å². The summed E-state index contributed by atoms with van der Waals surface area (Å²) in [4.78, 5) is 26.4. The van der Waals surface area contributed by atoms with Crippen molar-refractivity contribution in [2.45, 2.75) is 4.90 Å². The highest BCUT2D eigenvalue weighted by Crippen LogP contribution is 2.35. The average Bonchev–Trinajstić information content (AvgIpc) is 3.34. The number of anilines is 2. The molecule has 0 saturated carbocycles. The smallest absolute Gasteiger partial charge is 0.293 e. The number of carbonyl (C=O) groups excluding carboxylic acids is 1. The summed E-state index contributed by atoms with van der Waals surface area (Å²) >= 11 is 0. The molecule has 0 atom stereocenters. The predicted octanol–water partition coefficient (Wildman–Crippen LogP) is 3.96. The second kappa shape index (κ2) is 10.1. The van der Waals surface area contributed by atoms with E-state index in [2.05, 4.69) is 10.3 Å². The molecule has 0 spiro atoms. The molecule has 3 N–H and O–H groups in total. The van der Waals surface area contributed by atoms with Crippen LogP contribution in [-0.4, -0.2) is 45.6 Å². The number of fused-ring (bicyclic) bond motifs is 1. The summed E-state index contributed by atoms with van der Waals surface area (Å²) in [5.41, 5.74) is 0.537. The van der Waals surface area contributed by atoms with Crippen molar-refractivity contribution in [1.82, 2.24) is 9.71 Å². The zero-order valence-corrected chi connectivity index (χ0v) is 20.7. The monoisotopic (exact) mass is 526 g/mol. The third-order valence-electron chi connectivity index (χ3n) is 5.44. The molecule has 1 amide bonds. The molecule has 1 aromatic heterocycles. The lowest BCUT2D eigenvalue weighted by Gasteiger charge is -2.11. The van der Waals surface area contributed by atoms with Gasteiger partial charge < -0.3 is 24.5 Å². The van der Waals surface area contributed by atoms with E-state index in [1.165, 1.54) is 63.8 Å². The third kappa shape index (κ3) is 5.26. The molecule has 0 aliphatic carbocycles. The van der Waals surface area contributed by atoms with Crippen LogP contribution in [0.5, 0.6) is 17.2 Å². The van der Waals surface area contributed by atoms with Crippen molar-refractivity contribution in [3.8, 4) is 17.2 Å². The Morgan fingerprint density at radius 3 is 2.08 bits per heavy atom. The summed E-state index contributed by atoms with van der Waals surface area (Å²) in [5, 5.41) is 15.1. The fraction of sp³-hybridized carbons (Fsp3) is 0.125. The highest BCUT2D eigenvalue weighted by atomic mass is 32.2. The lowest BCUT2D eigenvalue weighted by atomic mass is 10.1. The first-order valence-corrected chi connectivity index (χ1v) is 12.1. The maximum absolute atomic E-state index is 12.9. The number of benzene rings is 3. The first-order valence-electron chi connectivity index (χ1n) is 10.7. The Morgan fingerprint density at radius 1 is 0.892 bits per heavy atom. The summed E-state index contributed by atoms with van der Waals surface area (Å²) < 4.78 is 42.9. The lowest BCUT2D eigenvalue weighted by Crippen LogP contribution is -2.30. The van der Waals surface area contributed by atoms with Gasteiger partial charge in [-0.1, -0.05) is 0 Å². The van der Waals surface area contributed by atoms with Crippen molar-refractivity contribution in [3.63, 3.8) is 0 Å². The fourth-order valence-corrected chi connectivity index (χ4v) is 4.58. The van der Waals surface area contributed by atoms with Crippen LogP contribution in [0.1, 0.15) is 10.5 Å². The number of nitrogens with one attached hydrogen (secondary N) is 3. The Hall–Kier alpha value is -4.78. The third-order valence-corrected chi connectivity index (χ3v) is 6.79. The number of H-pyrrole nitrogens is 1. The zero-order valence-electron chi connectivity index (χ0n) is 19.9. The molecule has 0 unspecified atom stereocenters. The first-order chi connectivity index (χ1) is 17.6. The van der Waals surface area contributed by atoms with Crippen LogP contribution in [0.4, 0.5) is 17.1 Å². The van der Waals surface area contributed by atoms with Crippen LogP contribution in [0.3, 0.4) is 0 Å². The molecule has 37 heavy (non-hydrogen) atoms. The largest absolute Gasteiger partial charge is 0.497 e. The van der Waals surface area contributed by atoms with Gasteiger partial charge in [-0.25, -0.2) is 13.1 Å². The van der Waals surface area contributed by atoms with E-state index in [1.807, 2.05) is 4.72 Å². The summed E-state index contributed by atoms with van der Waals surface area (Å²) in [6.07, 6.45) is 0. The Morgan fingerprint density at radius 2 is 1.51 bits per heavy atom. The number of amides is 1. The zero-order chi connectivity index (χ0) is 26.7. The van der Waals surface area contributed by atoms with E-state index in [1.54, 1.807) is 18.2 Å². The number of nitro benzene ring substituents is 1. The van der Waals surface area contributed by atoms with Gasteiger partial charge in [-0.05, 0) is 36.4 Å². The standard InChI is InChI=1S/C24H22N4O8S/c1-34-15-4-6-18(7-5-15)37(32,33)27-24(29)21-13-19-20(8-9-22(28(30)31)23(19)26-21)25-14-10-16(35-2)12-17(11-14)36-3/h4-13,25-26H,1-3H3,(H,27,29). The SMILES string of the molecule is COc1ccc(S(=O)(=O)NC(=O)c2cc3c(Nc4cc(OC)cc(OC)c4)ccc([N+](=O)[O-])c3[nH]2)cc1. The molecule has 0 aliphatic heterocycles. The molecule has 13 heteroatoms. The molecular formula is C24H22N4O8S. The van der Waals surface area contributed by atoms with E-state index < -0.39 is 20.9 Å². The summed E-state index contributed by atoms with van der Waals surface area (Å²) in [6.45, 7) is 0. The van der Waals surface area contributed by atoms with Gasteiger partial charge in [0.25, 0.3) is 21.6 Å². The first kappa shape index (κ1) is 25.3. The number of carbonyl (C=O) groups is 1. The van der Waals surface area contributed by atoms with Crippen LogP contribution in [0.25, 0.3) is 10.9 Å². The van der Waals surface area contributed by atoms with Crippen LogP contribution >= 0.6 is 0 Å². The summed E-state index contributed by atoms with van der Waals surface area (Å²) in [5.74, 6) is 0.480. The molecule has 4 aromatic rings. The molecule has 0 radical (unpaired) electrons. The summed E-state index contributed by atoms with van der Waals surface area (Å²) in [6, 6.07) is 14.6. The number of nitrogens with zero attached hydrogens (tertiary/aromatic N) is 1. The van der Waals surface area contributed by atoms with Gasteiger partial charge in [-0.15, -0.1) is 0 Å². The van der Waals surface area contributed by atoms with E-state index in [9.17, 15) is 23.3 Å². The van der Waals surface area contributed by atoms with E-state index >= 15 is 0 Å². The minimum Gasteiger partial charge on any atom is -0.497 e. The topological polar surface area (TPSA) is 162 Å². The van der Waals surface area contributed by atoms with Gasteiger partial charge in [0, 0.05) is 41.0 Å². The molecule has 4 rings (SSSR count). The Balaban J connectivity index is 1.71. The number of nitro groups is 1. The number of sulfonamides is 1. The van der Waals surface area contributed by atoms with Crippen molar-refractivity contribution in [3.05, 3.63) is 76.5 Å². The van der Waals surface area contributed by atoms with Gasteiger partial charge in [-0.2, -0.15) is 0 Å². The fourth-order valence-electron chi connectivity index (χ4n) is 3.61. The molecule has 12 nitrogen and oxygen atoms in total. The van der Waals surface area contributed by atoms with Crippen molar-refractivity contribution < 1.29 is 32.3 Å². The quantitative estimate of drug-likeness (QED) is 0.216.